The summed E-state index contributed by atoms with van der Waals surface area (Å²) in [5.41, 5.74) is 6.03. The van der Waals surface area contributed by atoms with Crippen molar-refractivity contribution in [3.05, 3.63) is 58.4 Å². The first-order valence-corrected chi connectivity index (χ1v) is 9.60. The van der Waals surface area contributed by atoms with Gasteiger partial charge in [0.25, 0.3) is 0 Å². The van der Waals surface area contributed by atoms with Gasteiger partial charge in [0.05, 0.1) is 5.25 Å². The molecule has 1 amide bonds. The van der Waals surface area contributed by atoms with Crippen LogP contribution in [0.3, 0.4) is 0 Å². The monoisotopic (exact) mass is 355 g/mol. The molecule has 5 heteroatoms. The van der Waals surface area contributed by atoms with Crippen molar-refractivity contribution in [2.45, 2.75) is 50.4 Å². The van der Waals surface area contributed by atoms with Crippen LogP contribution in [0.5, 0.6) is 0 Å². The Labute approximate surface area is 153 Å². The summed E-state index contributed by atoms with van der Waals surface area (Å²) in [7, 11) is 0. The number of amides is 1. The number of hydrogen-bond donors (Lipinski definition) is 2. The van der Waals surface area contributed by atoms with Gasteiger partial charge in [-0.3, -0.25) is 9.78 Å². The fourth-order valence-corrected chi connectivity index (χ4v) is 3.96. The zero-order valence-corrected chi connectivity index (χ0v) is 15.9. The predicted octanol–water partition coefficient (Wildman–Crippen LogP) is 3.14. The number of rotatable bonds is 5. The highest BCUT2D eigenvalue weighted by Crippen LogP contribution is 2.24. The molecule has 2 aromatic rings. The maximum absolute atomic E-state index is 12.5. The SMILES string of the molecule is Cc1ccc(SC(C)C(=O)NCc2c(C)ncc3c2CCNC3)cc1. The van der Waals surface area contributed by atoms with Gasteiger partial charge in [0.15, 0.2) is 0 Å². The molecular formula is C20H25N3OS. The van der Waals surface area contributed by atoms with Crippen molar-refractivity contribution in [2.75, 3.05) is 6.54 Å². The Morgan fingerprint density at radius 3 is 2.84 bits per heavy atom. The second-order valence-electron chi connectivity index (χ2n) is 6.54. The summed E-state index contributed by atoms with van der Waals surface area (Å²) in [5, 5.41) is 6.34. The van der Waals surface area contributed by atoms with E-state index >= 15 is 0 Å². The molecule has 1 atom stereocenters. The molecule has 25 heavy (non-hydrogen) atoms. The number of aryl methyl sites for hydroxylation is 2. The molecule has 0 spiro atoms. The number of thioether (sulfide) groups is 1. The van der Waals surface area contributed by atoms with E-state index in [1.807, 2.05) is 20.0 Å². The maximum Gasteiger partial charge on any atom is 0.233 e. The lowest BCUT2D eigenvalue weighted by molar-refractivity contribution is -0.120. The van der Waals surface area contributed by atoms with Crippen molar-refractivity contribution in [2.24, 2.45) is 0 Å². The first kappa shape index (κ1) is 18.0. The Morgan fingerprint density at radius 1 is 1.32 bits per heavy atom. The highest BCUT2D eigenvalue weighted by atomic mass is 32.2. The summed E-state index contributed by atoms with van der Waals surface area (Å²) in [6.45, 7) is 8.45. The number of nitrogens with one attached hydrogen (secondary N) is 2. The number of hydrogen-bond acceptors (Lipinski definition) is 4. The largest absolute Gasteiger partial charge is 0.351 e. The highest BCUT2D eigenvalue weighted by molar-refractivity contribution is 8.00. The van der Waals surface area contributed by atoms with Crippen LogP contribution in [0.2, 0.25) is 0 Å². The van der Waals surface area contributed by atoms with Crippen LogP contribution in [0.4, 0.5) is 0 Å². The van der Waals surface area contributed by atoms with E-state index in [0.717, 1.165) is 30.1 Å². The Morgan fingerprint density at radius 2 is 2.08 bits per heavy atom. The lowest BCUT2D eigenvalue weighted by atomic mass is 9.96. The molecule has 1 aliphatic rings. The minimum Gasteiger partial charge on any atom is -0.351 e. The quantitative estimate of drug-likeness (QED) is 0.809. The molecule has 1 aromatic heterocycles. The van der Waals surface area contributed by atoms with E-state index in [2.05, 4.69) is 46.8 Å². The third-order valence-corrected chi connectivity index (χ3v) is 5.72. The molecule has 3 rings (SSSR count). The van der Waals surface area contributed by atoms with Crippen molar-refractivity contribution >= 4 is 17.7 Å². The van der Waals surface area contributed by atoms with Gasteiger partial charge in [-0.25, -0.2) is 0 Å². The van der Waals surface area contributed by atoms with Gasteiger partial charge in [-0.15, -0.1) is 11.8 Å². The third kappa shape index (κ3) is 4.41. The van der Waals surface area contributed by atoms with Gasteiger partial charge in [-0.1, -0.05) is 17.7 Å². The average molecular weight is 356 g/mol. The van der Waals surface area contributed by atoms with E-state index in [0.29, 0.717) is 6.54 Å². The summed E-state index contributed by atoms with van der Waals surface area (Å²) in [6.07, 6.45) is 2.95. The van der Waals surface area contributed by atoms with Crippen LogP contribution in [0.1, 0.15) is 34.9 Å². The van der Waals surface area contributed by atoms with Crippen LogP contribution in [0.25, 0.3) is 0 Å². The lowest BCUT2D eigenvalue weighted by Crippen LogP contribution is -2.32. The number of aromatic nitrogens is 1. The molecule has 0 radical (unpaired) electrons. The van der Waals surface area contributed by atoms with Crippen LogP contribution in [-0.2, 0) is 24.3 Å². The van der Waals surface area contributed by atoms with Crippen LogP contribution < -0.4 is 10.6 Å². The van der Waals surface area contributed by atoms with Crippen LogP contribution in [0, 0.1) is 13.8 Å². The molecule has 0 saturated heterocycles. The zero-order chi connectivity index (χ0) is 17.8. The van der Waals surface area contributed by atoms with Crippen molar-refractivity contribution < 1.29 is 4.79 Å². The molecule has 0 bridgehead atoms. The Balaban J connectivity index is 1.63. The molecule has 1 aliphatic heterocycles. The molecule has 2 heterocycles. The fourth-order valence-electron chi connectivity index (χ4n) is 3.07. The molecular weight excluding hydrogens is 330 g/mol. The molecule has 2 N–H and O–H groups in total. The third-order valence-electron chi connectivity index (χ3n) is 4.61. The van der Waals surface area contributed by atoms with Crippen molar-refractivity contribution in [1.29, 1.82) is 0 Å². The Bertz CT molecular complexity index is 758. The minimum absolute atomic E-state index is 0.0662. The molecule has 1 aromatic carbocycles. The smallest absolute Gasteiger partial charge is 0.233 e. The van der Waals surface area contributed by atoms with E-state index in [1.165, 1.54) is 22.3 Å². The lowest BCUT2D eigenvalue weighted by Gasteiger charge is -2.22. The van der Waals surface area contributed by atoms with Crippen LogP contribution in [-0.4, -0.2) is 22.7 Å². The minimum atomic E-state index is -0.128. The van der Waals surface area contributed by atoms with Gasteiger partial charge in [0.2, 0.25) is 5.91 Å². The number of pyridine rings is 1. The molecule has 1 unspecified atom stereocenters. The maximum atomic E-state index is 12.5. The molecule has 0 saturated carbocycles. The molecule has 0 fully saturated rings. The van der Waals surface area contributed by atoms with Gasteiger partial charge in [-0.2, -0.15) is 0 Å². The molecule has 132 valence electrons. The van der Waals surface area contributed by atoms with Gasteiger partial charge >= 0.3 is 0 Å². The zero-order valence-electron chi connectivity index (χ0n) is 15.1. The standard InChI is InChI=1S/C20H25N3OS/c1-13-4-6-17(7-5-13)25-15(3)20(24)23-12-19-14(2)22-11-16-10-21-9-8-18(16)19/h4-7,11,15,21H,8-10,12H2,1-3H3,(H,23,24). The molecule has 0 aliphatic carbocycles. The van der Waals surface area contributed by atoms with Gasteiger partial charge < -0.3 is 10.6 Å². The summed E-state index contributed by atoms with van der Waals surface area (Å²) in [4.78, 5) is 18.1. The van der Waals surface area contributed by atoms with Gasteiger partial charge in [0.1, 0.15) is 0 Å². The first-order chi connectivity index (χ1) is 12.0. The number of carbonyl (C=O) groups is 1. The van der Waals surface area contributed by atoms with E-state index < -0.39 is 0 Å². The van der Waals surface area contributed by atoms with Crippen molar-refractivity contribution in [1.82, 2.24) is 15.6 Å². The summed E-state index contributed by atoms with van der Waals surface area (Å²) < 4.78 is 0. The Hall–Kier alpha value is -1.85. The van der Waals surface area contributed by atoms with E-state index in [-0.39, 0.29) is 11.2 Å². The van der Waals surface area contributed by atoms with Crippen molar-refractivity contribution in [3.8, 4) is 0 Å². The van der Waals surface area contributed by atoms with Crippen LogP contribution >= 0.6 is 11.8 Å². The number of fused-ring (bicyclic) bond motifs is 1. The van der Waals surface area contributed by atoms with E-state index in [1.54, 1.807) is 11.8 Å². The van der Waals surface area contributed by atoms with Gasteiger partial charge in [0, 0.05) is 29.9 Å². The van der Waals surface area contributed by atoms with Crippen LogP contribution in [0.15, 0.2) is 35.4 Å². The second kappa shape index (κ2) is 8.02. The molecule has 4 nitrogen and oxygen atoms in total. The second-order valence-corrected chi connectivity index (χ2v) is 7.96. The fraction of sp³-hybridized carbons (Fsp3) is 0.400. The Kier molecular flexibility index (Phi) is 5.76. The topological polar surface area (TPSA) is 54.0 Å². The number of benzene rings is 1. The highest BCUT2D eigenvalue weighted by Gasteiger charge is 2.18. The number of carbonyl (C=O) groups excluding carboxylic acids is 1. The summed E-state index contributed by atoms with van der Waals surface area (Å²) in [6, 6.07) is 8.29. The van der Waals surface area contributed by atoms with E-state index in [4.69, 9.17) is 0 Å². The predicted molar refractivity (Wildman–Crippen MR) is 103 cm³/mol. The van der Waals surface area contributed by atoms with Gasteiger partial charge in [-0.05, 0) is 62.6 Å². The average Bonchev–Trinajstić information content (AvgIpc) is 2.62. The normalized spacial score (nSPS) is 14.7. The summed E-state index contributed by atoms with van der Waals surface area (Å²) >= 11 is 1.59. The summed E-state index contributed by atoms with van der Waals surface area (Å²) in [5.74, 6) is 0.0662. The first-order valence-electron chi connectivity index (χ1n) is 8.72. The number of nitrogens with zero attached hydrogens (tertiary/aromatic N) is 1. The van der Waals surface area contributed by atoms with Crippen molar-refractivity contribution in [3.63, 3.8) is 0 Å². The van der Waals surface area contributed by atoms with E-state index in [9.17, 15) is 4.79 Å².